The molecule has 0 bridgehead atoms. The van der Waals surface area contributed by atoms with Gasteiger partial charge in [-0.1, -0.05) is 0 Å². The van der Waals surface area contributed by atoms with Crippen LogP contribution in [0.4, 0.5) is 0 Å². The predicted octanol–water partition coefficient (Wildman–Crippen LogP) is 2.66. The first-order valence-electron chi connectivity index (χ1n) is 4.75. The van der Waals surface area contributed by atoms with E-state index < -0.39 is 0 Å². The van der Waals surface area contributed by atoms with Gasteiger partial charge in [0, 0.05) is 0 Å². The number of nitrogens with zero attached hydrogens (tertiary/aromatic N) is 3. The molecule has 2 aromatic heterocycles. The Morgan fingerprint density at radius 1 is 1.06 bits per heavy atom. The summed E-state index contributed by atoms with van der Waals surface area (Å²) in [5, 5.41) is 26.7. The fourth-order valence-corrected chi connectivity index (χ4v) is 6.01. The van der Waals surface area contributed by atoms with Crippen molar-refractivity contribution in [2.24, 2.45) is 0 Å². The second kappa shape index (κ2) is 5.53. The molecule has 0 radical (unpaired) electrons. The van der Waals surface area contributed by atoms with E-state index in [0.717, 1.165) is 9.40 Å². The molecule has 0 aliphatic rings. The Morgan fingerprint density at radius 3 is 2.22 bits per heavy atom. The summed E-state index contributed by atoms with van der Waals surface area (Å²) < 4.78 is 3.70. The molecule has 0 amide bonds. The molecule has 0 N–H and O–H groups in total. The van der Waals surface area contributed by atoms with E-state index in [9.17, 15) is 0 Å². The van der Waals surface area contributed by atoms with Crippen LogP contribution in [0.1, 0.15) is 4.88 Å². The van der Waals surface area contributed by atoms with Crippen LogP contribution in [0.25, 0.3) is 15.0 Å². The molecule has 0 unspecified atom stereocenters. The van der Waals surface area contributed by atoms with E-state index in [4.69, 9.17) is 15.8 Å². The van der Waals surface area contributed by atoms with Gasteiger partial charge in [-0.2, -0.15) is 0 Å². The van der Waals surface area contributed by atoms with Gasteiger partial charge in [-0.3, -0.25) is 0 Å². The fraction of sp³-hybridized carbons (Fsp3) is 0.0833. The normalized spacial score (nSPS) is 9.44. The average molecular weight is 383 g/mol. The van der Waals surface area contributed by atoms with Crippen LogP contribution in [-0.4, -0.2) is 20.9 Å². The summed E-state index contributed by atoms with van der Waals surface area (Å²) in [6, 6.07) is 9.57. The summed E-state index contributed by atoms with van der Waals surface area (Å²) in [7, 11) is 0. The van der Waals surface area contributed by atoms with E-state index in [1.807, 2.05) is 12.1 Å². The Balaban J connectivity index is 2.59. The molecule has 2 heterocycles. The third-order valence-corrected chi connectivity index (χ3v) is 7.64. The third kappa shape index (κ3) is 2.28. The summed E-state index contributed by atoms with van der Waals surface area (Å²) in [5.41, 5.74) is 0.0683. The summed E-state index contributed by atoms with van der Waals surface area (Å²) in [5.74, 6) is 0. The van der Waals surface area contributed by atoms with E-state index >= 15 is 0 Å². The van der Waals surface area contributed by atoms with Crippen molar-refractivity contribution in [1.82, 2.24) is 0 Å². The summed E-state index contributed by atoms with van der Waals surface area (Å²) in [6.45, 7) is 0. The zero-order valence-corrected chi connectivity index (χ0v) is 13.2. The number of rotatable bonds is 2. The molecule has 6 heteroatoms. The molecule has 86 valence electrons. The van der Waals surface area contributed by atoms with E-state index in [2.05, 4.69) is 11.0 Å². The van der Waals surface area contributed by atoms with Gasteiger partial charge in [-0.05, 0) is 0 Å². The number of thiophene rings is 2. The molecule has 0 aromatic carbocycles. The van der Waals surface area contributed by atoms with Gasteiger partial charge in [-0.25, -0.2) is 0 Å². The quantitative estimate of drug-likeness (QED) is 0.592. The van der Waals surface area contributed by atoms with Crippen molar-refractivity contribution in [3.05, 3.63) is 22.6 Å². The van der Waals surface area contributed by atoms with E-state index in [1.54, 1.807) is 23.5 Å². The van der Waals surface area contributed by atoms with Crippen molar-refractivity contribution in [2.45, 2.75) is 4.97 Å². The molecule has 0 saturated carbocycles. The van der Waals surface area contributed by atoms with Crippen LogP contribution >= 0.6 is 22.7 Å². The van der Waals surface area contributed by atoms with Crippen LogP contribution in [-0.2, 0) is 0 Å². The first-order chi connectivity index (χ1) is 8.73. The second-order valence-electron chi connectivity index (χ2n) is 3.19. The standard InChI is InChI=1S/C12H5N3S2Te/c1-18-12-3-11-10(17-12)2-9(16-11)8(6-15)7(4-13)5-14/h2-3H,1H3. The maximum atomic E-state index is 9.08. The molecule has 0 fully saturated rings. The van der Waals surface area contributed by atoms with Gasteiger partial charge < -0.3 is 0 Å². The Morgan fingerprint density at radius 2 is 1.72 bits per heavy atom. The third-order valence-electron chi connectivity index (χ3n) is 2.22. The van der Waals surface area contributed by atoms with Crippen molar-refractivity contribution in [3.63, 3.8) is 0 Å². The molecular formula is C12H5N3S2Te. The van der Waals surface area contributed by atoms with Crippen LogP contribution < -0.4 is 2.93 Å². The van der Waals surface area contributed by atoms with Crippen molar-refractivity contribution >= 4 is 61.5 Å². The molecule has 0 spiro atoms. The van der Waals surface area contributed by atoms with E-state index in [-0.39, 0.29) is 32.1 Å². The monoisotopic (exact) mass is 385 g/mol. The fourth-order valence-electron chi connectivity index (χ4n) is 1.41. The van der Waals surface area contributed by atoms with Crippen molar-refractivity contribution in [2.75, 3.05) is 0 Å². The number of hydrogen-bond acceptors (Lipinski definition) is 5. The minimum absolute atomic E-state index is 0.0831. The van der Waals surface area contributed by atoms with Gasteiger partial charge in [0.15, 0.2) is 0 Å². The van der Waals surface area contributed by atoms with Crippen LogP contribution in [0, 0.1) is 34.0 Å². The Bertz CT molecular complexity index is 714. The number of allylic oxidation sites excluding steroid dienone is 2. The summed E-state index contributed by atoms with van der Waals surface area (Å²) in [6.07, 6.45) is 0. The van der Waals surface area contributed by atoms with E-state index in [1.165, 1.54) is 14.3 Å². The molecular weight excluding hydrogens is 378 g/mol. The molecule has 18 heavy (non-hydrogen) atoms. The Labute approximate surface area is 122 Å². The topological polar surface area (TPSA) is 71.4 Å². The number of hydrogen-bond donors (Lipinski definition) is 0. The Hall–Kier alpha value is -1.34. The van der Waals surface area contributed by atoms with Crippen molar-refractivity contribution < 1.29 is 0 Å². The van der Waals surface area contributed by atoms with Crippen LogP contribution in [0.15, 0.2) is 17.7 Å². The predicted molar refractivity (Wildman–Crippen MR) is 74.7 cm³/mol. The molecule has 2 rings (SSSR count). The van der Waals surface area contributed by atoms with Gasteiger partial charge in [0.25, 0.3) is 0 Å². The molecule has 0 aliphatic heterocycles. The molecule has 2 aromatic rings. The maximum absolute atomic E-state index is 9.08. The van der Waals surface area contributed by atoms with Gasteiger partial charge in [0.1, 0.15) is 0 Å². The van der Waals surface area contributed by atoms with Gasteiger partial charge in [0.05, 0.1) is 0 Å². The first-order valence-corrected chi connectivity index (χ1v) is 9.88. The number of nitriles is 3. The second-order valence-corrected chi connectivity index (χ2v) is 8.59. The molecule has 0 aliphatic carbocycles. The van der Waals surface area contributed by atoms with Crippen molar-refractivity contribution in [3.8, 4) is 18.2 Å². The molecule has 3 nitrogen and oxygen atoms in total. The first kappa shape index (κ1) is 13.1. The van der Waals surface area contributed by atoms with E-state index in [0.29, 0.717) is 4.88 Å². The van der Waals surface area contributed by atoms with Crippen LogP contribution in [0.2, 0.25) is 4.97 Å². The van der Waals surface area contributed by atoms with Crippen molar-refractivity contribution in [1.29, 1.82) is 15.8 Å². The molecule has 0 saturated heterocycles. The SMILES string of the molecule is C[Te]c1cc2sc(C(C#N)=C(C#N)C#N)cc2s1. The molecule has 0 atom stereocenters. The van der Waals surface area contributed by atoms with Gasteiger partial charge in [-0.15, -0.1) is 0 Å². The van der Waals surface area contributed by atoms with Crippen LogP contribution in [0.3, 0.4) is 0 Å². The average Bonchev–Trinajstić information content (AvgIpc) is 2.93. The Kier molecular flexibility index (Phi) is 4.03. The van der Waals surface area contributed by atoms with Gasteiger partial charge in [0.2, 0.25) is 0 Å². The summed E-state index contributed by atoms with van der Waals surface area (Å²) in [4.78, 5) is 2.94. The minimum atomic E-state index is -0.115. The van der Waals surface area contributed by atoms with Gasteiger partial charge >= 0.3 is 123 Å². The zero-order chi connectivity index (χ0) is 13.1. The summed E-state index contributed by atoms with van der Waals surface area (Å²) >= 11 is 3.13. The zero-order valence-electron chi connectivity index (χ0n) is 9.22. The van der Waals surface area contributed by atoms with Crippen LogP contribution in [0.5, 0.6) is 0 Å². The number of fused-ring (bicyclic) bond motifs is 1.